The molecule has 2 N–H and O–H groups in total. The third-order valence-electron chi connectivity index (χ3n) is 2.31. The molecule has 0 amide bonds. The molecule has 2 atom stereocenters. The van der Waals surface area contributed by atoms with E-state index in [9.17, 15) is 5.11 Å². The molecule has 1 aliphatic heterocycles. The first-order valence-corrected chi connectivity index (χ1v) is 4.32. The average molecular weight is 200 g/mol. The van der Waals surface area contributed by atoms with Gasteiger partial charge < -0.3 is 10.4 Å². The molecule has 1 aliphatic rings. The van der Waals surface area contributed by atoms with Crippen molar-refractivity contribution < 1.29 is 5.11 Å². The van der Waals surface area contributed by atoms with E-state index in [1.807, 2.05) is 18.2 Å². The number of β-amino-alcohol motifs (C(OH)–C–C–N with tert-alkyl or cyclic N) is 1. The molecular weight excluding hydrogens is 186 g/mol. The normalized spacial score (nSPS) is 26.8. The zero-order valence-electron chi connectivity index (χ0n) is 7.31. The maximum absolute atomic E-state index is 9.30. The Balaban J connectivity index is 0.000000845. The highest BCUT2D eigenvalue weighted by Crippen LogP contribution is 2.22. The van der Waals surface area contributed by atoms with Gasteiger partial charge >= 0.3 is 0 Å². The van der Waals surface area contributed by atoms with Gasteiger partial charge in [-0.25, -0.2) is 0 Å². The van der Waals surface area contributed by atoms with Crippen LogP contribution < -0.4 is 5.32 Å². The monoisotopic (exact) mass is 199 g/mol. The summed E-state index contributed by atoms with van der Waals surface area (Å²) in [7, 11) is 0. The highest BCUT2D eigenvalue weighted by Gasteiger charge is 2.22. The Morgan fingerprint density at radius 2 is 1.92 bits per heavy atom. The van der Waals surface area contributed by atoms with E-state index in [1.165, 1.54) is 5.56 Å². The number of halogens is 1. The minimum atomic E-state index is -0.171. The van der Waals surface area contributed by atoms with Gasteiger partial charge in [0.2, 0.25) is 0 Å². The van der Waals surface area contributed by atoms with Crippen LogP contribution in [-0.2, 0) is 0 Å². The Bertz CT molecular complexity index is 252. The smallest absolute Gasteiger partial charge is 0.0682 e. The van der Waals surface area contributed by atoms with Crippen LogP contribution in [0.2, 0.25) is 0 Å². The van der Waals surface area contributed by atoms with Gasteiger partial charge in [-0.3, -0.25) is 0 Å². The van der Waals surface area contributed by atoms with Crippen LogP contribution in [0, 0.1) is 0 Å². The van der Waals surface area contributed by atoms with Crippen molar-refractivity contribution >= 4 is 12.4 Å². The zero-order valence-corrected chi connectivity index (χ0v) is 8.13. The summed E-state index contributed by atoms with van der Waals surface area (Å²) >= 11 is 0. The van der Waals surface area contributed by atoms with Crippen LogP contribution in [-0.4, -0.2) is 17.8 Å². The lowest BCUT2D eigenvalue weighted by Gasteiger charge is -2.08. The number of hydrogen-bond donors (Lipinski definition) is 2. The van der Waals surface area contributed by atoms with Gasteiger partial charge in [-0.1, -0.05) is 30.3 Å². The van der Waals surface area contributed by atoms with Gasteiger partial charge in [0.1, 0.15) is 0 Å². The number of aliphatic hydroxyl groups is 1. The molecule has 0 aliphatic carbocycles. The second-order valence-electron chi connectivity index (χ2n) is 3.26. The lowest BCUT2D eigenvalue weighted by Crippen LogP contribution is -2.14. The van der Waals surface area contributed by atoms with Crippen molar-refractivity contribution in [3.8, 4) is 0 Å². The number of hydrogen-bond acceptors (Lipinski definition) is 2. The number of aliphatic hydroxyl groups excluding tert-OH is 1. The number of benzene rings is 1. The Morgan fingerprint density at radius 1 is 1.23 bits per heavy atom. The van der Waals surface area contributed by atoms with Crippen LogP contribution in [0.1, 0.15) is 18.0 Å². The van der Waals surface area contributed by atoms with Gasteiger partial charge in [0.25, 0.3) is 0 Å². The third kappa shape index (κ3) is 2.44. The number of rotatable bonds is 1. The summed E-state index contributed by atoms with van der Waals surface area (Å²) in [6, 6.07) is 10.6. The summed E-state index contributed by atoms with van der Waals surface area (Å²) in [5, 5.41) is 12.6. The molecule has 1 aromatic carbocycles. The van der Waals surface area contributed by atoms with Crippen LogP contribution in [0.15, 0.2) is 30.3 Å². The highest BCUT2D eigenvalue weighted by atomic mass is 35.5. The van der Waals surface area contributed by atoms with E-state index >= 15 is 0 Å². The quantitative estimate of drug-likeness (QED) is 0.719. The van der Waals surface area contributed by atoms with E-state index in [4.69, 9.17) is 0 Å². The maximum atomic E-state index is 9.30. The molecule has 2 rings (SSSR count). The Kier molecular flexibility index (Phi) is 3.72. The lowest BCUT2D eigenvalue weighted by molar-refractivity contribution is 0.193. The Hall–Kier alpha value is -0.570. The fraction of sp³-hybridized carbons (Fsp3) is 0.400. The van der Waals surface area contributed by atoms with E-state index < -0.39 is 0 Å². The highest BCUT2D eigenvalue weighted by molar-refractivity contribution is 5.85. The molecule has 0 saturated carbocycles. The van der Waals surface area contributed by atoms with E-state index in [0.29, 0.717) is 6.04 Å². The molecule has 1 heterocycles. The van der Waals surface area contributed by atoms with Crippen LogP contribution in [0.3, 0.4) is 0 Å². The largest absolute Gasteiger partial charge is 0.392 e. The molecule has 1 fully saturated rings. The second-order valence-corrected chi connectivity index (χ2v) is 3.26. The van der Waals surface area contributed by atoms with Crippen molar-refractivity contribution in [2.45, 2.75) is 18.6 Å². The predicted octanol–water partition coefficient (Wildman–Crippen LogP) is 1.50. The molecule has 1 saturated heterocycles. The second kappa shape index (κ2) is 4.61. The number of nitrogens with one attached hydrogen (secondary N) is 1. The van der Waals surface area contributed by atoms with Crippen LogP contribution >= 0.6 is 12.4 Å². The van der Waals surface area contributed by atoms with E-state index in [-0.39, 0.29) is 18.5 Å². The first-order chi connectivity index (χ1) is 5.86. The topological polar surface area (TPSA) is 32.3 Å². The molecule has 72 valence electrons. The first-order valence-electron chi connectivity index (χ1n) is 4.32. The molecule has 13 heavy (non-hydrogen) atoms. The Morgan fingerprint density at radius 3 is 2.46 bits per heavy atom. The molecule has 1 aromatic rings. The van der Waals surface area contributed by atoms with Gasteiger partial charge in [0.05, 0.1) is 6.10 Å². The van der Waals surface area contributed by atoms with E-state index in [0.717, 1.165) is 13.0 Å². The van der Waals surface area contributed by atoms with E-state index in [1.54, 1.807) is 0 Å². The average Bonchev–Trinajstić information content (AvgIpc) is 2.54. The van der Waals surface area contributed by atoms with Gasteiger partial charge in [-0.05, 0) is 12.0 Å². The zero-order chi connectivity index (χ0) is 8.39. The fourth-order valence-electron chi connectivity index (χ4n) is 1.66. The molecule has 0 aromatic heterocycles. The minimum Gasteiger partial charge on any atom is -0.392 e. The molecule has 0 radical (unpaired) electrons. The van der Waals surface area contributed by atoms with Crippen LogP contribution in [0.4, 0.5) is 0 Å². The van der Waals surface area contributed by atoms with Crippen molar-refractivity contribution in [1.82, 2.24) is 5.32 Å². The first kappa shape index (κ1) is 10.5. The van der Waals surface area contributed by atoms with Crippen LogP contribution in [0.5, 0.6) is 0 Å². The summed E-state index contributed by atoms with van der Waals surface area (Å²) in [5.41, 5.74) is 1.27. The summed E-state index contributed by atoms with van der Waals surface area (Å²) in [4.78, 5) is 0. The lowest BCUT2D eigenvalue weighted by atomic mass is 10.1. The van der Waals surface area contributed by atoms with Crippen molar-refractivity contribution in [3.63, 3.8) is 0 Å². The fourth-order valence-corrected chi connectivity index (χ4v) is 1.66. The molecular formula is C10H14ClNO. The molecule has 3 heteroatoms. The SMILES string of the molecule is Cl.O[C@H]1CN[C@H](c2ccccc2)C1. The molecule has 0 unspecified atom stereocenters. The van der Waals surface area contributed by atoms with Crippen molar-refractivity contribution in [3.05, 3.63) is 35.9 Å². The van der Waals surface area contributed by atoms with Crippen molar-refractivity contribution in [2.24, 2.45) is 0 Å². The van der Waals surface area contributed by atoms with Gasteiger partial charge in [0.15, 0.2) is 0 Å². The van der Waals surface area contributed by atoms with E-state index in [2.05, 4.69) is 17.4 Å². The third-order valence-corrected chi connectivity index (χ3v) is 2.31. The predicted molar refractivity (Wildman–Crippen MR) is 55.1 cm³/mol. The standard InChI is InChI=1S/C10H13NO.ClH/c12-9-6-10(11-7-9)8-4-2-1-3-5-8;/h1-5,9-12H,6-7H2;1H/t9-,10+;/m1./s1. The summed E-state index contributed by atoms with van der Waals surface area (Å²) in [6.45, 7) is 0.722. The molecule has 0 bridgehead atoms. The van der Waals surface area contributed by atoms with Crippen molar-refractivity contribution in [1.29, 1.82) is 0 Å². The molecule has 2 nitrogen and oxygen atoms in total. The Labute approximate surface area is 84.4 Å². The van der Waals surface area contributed by atoms with Crippen LogP contribution in [0.25, 0.3) is 0 Å². The van der Waals surface area contributed by atoms with Gasteiger partial charge in [-0.15, -0.1) is 12.4 Å². The maximum Gasteiger partial charge on any atom is 0.0682 e. The summed E-state index contributed by atoms with van der Waals surface area (Å²) < 4.78 is 0. The van der Waals surface area contributed by atoms with Gasteiger partial charge in [-0.2, -0.15) is 0 Å². The minimum absolute atomic E-state index is 0. The van der Waals surface area contributed by atoms with Crippen molar-refractivity contribution in [2.75, 3.05) is 6.54 Å². The van der Waals surface area contributed by atoms with Gasteiger partial charge in [0, 0.05) is 12.6 Å². The summed E-state index contributed by atoms with van der Waals surface area (Å²) in [5.74, 6) is 0. The summed E-state index contributed by atoms with van der Waals surface area (Å²) in [6.07, 6.45) is 0.666. The molecule has 0 spiro atoms.